The first-order valence-electron chi connectivity index (χ1n) is 5.59. The molecule has 4 nitrogen and oxygen atoms in total. The van der Waals surface area contributed by atoms with Crippen LogP contribution >= 0.6 is 0 Å². The van der Waals surface area contributed by atoms with Crippen LogP contribution in [0.2, 0.25) is 0 Å². The van der Waals surface area contributed by atoms with Crippen LogP contribution in [0.5, 0.6) is 0 Å². The number of aryl methyl sites for hydroxylation is 1. The fraction of sp³-hybridized carbons (Fsp3) is 0.500. The van der Waals surface area contributed by atoms with Crippen molar-refractivity contribution in [2.75, 3.05) is 0 Å². The fourth-order valence-corrected chi connectivity index (χ4v) is 1.45. The van der Waals surface area contributed by atoms with Crippen LogP contribution in [-0.2, 0) is 11.3 Å². The summed E-state index contributed by atoms with van der Waals surface area (Å²) in [7, 11) is 0. The van der Waals surface area contributed by atoms with Gasteiger partial charge in [-0.25, -0.2) is 0 Å². The van der Waals surface area contributed by atoms with Crippen molar-refractivity contribution < 1.29 is 4.79 Å². The van der Waals surface area contributed by atoms with E-state index in [-0.39, 0.29) is 5.91 Å². The number of hydrogen-bond donors (Lipinski definition) is 2. The Hall–Kier alpha value is -1.42. The maximum absolute atomic E-state index is 11.6. The number of hydrogen-bond acceptors (Lipinski definition) is 3. The number of nitrogens with one attached hydrogen (secondary N) is 1. The second-order valence-electron chi connectivity index (χ2n) is 3.88. The van der Waals surface area contributed by atoms with Gasteiger partial charge in [-0.05, 0) is 25.0 Å². The van der Waals surface area contributed by atoms with Gasteiger partial charge in [0.15, 0.2) is 0 Å². The second-order valence-corrected chi connectivity index (χ2v) is 3.88. The Morgan fingerprint density at radius 2 is 2.38 bits per heavy atom. The molecule has 0 aliphatic carbocycles. The van der Waals surface area contributed by atoms with Crippen LogP contribution in [0, 0.1) is 6.92 Å². The highest BCUT2D eigenvalue weighted by Gasteiger charge is 2.11. The lowest BCUT2D eigenvalue weighted by Crippen LogP contribution is -2.40. The van der Waals surface area contributed by atoms with Gasteiger partial charge in [0, 0.05) is 6.20 Å². The van der Waals surface area contributed by atoms with Crippen molar-refractivity contribution in [3.63, 3.8) is 0 Å². The largest absolute Gasteiger partial charge is 0.349 e. The maximum Gasteiger partial charge on any atom is 0.237 e. The average molecular weight is 221 g/mol. The number of rotatable bonds is 5. The van der Waals surface area contributed by atoms with E-state index >= 15 is 0 Å². The first kappa shape index (κ1) is 12.6. The summed E-state index contributed by atoms with van der Waals surface area (Å²) in [6.45, 7) is 4.43. The van der Waals surface area contributed by atoms with Crippen molar-refractivity contribution in [2.24, 2.45) is 5.73 Å². The summed E-state index contributed by atoms with van der Waals surface area (Å²) in [6.07, 6.45) is 3.35. The van der Waals surface area contributed by atoms with Crippen LogP contribution in [-0.4, -0.2) is 16.9 Å². The Kier molecular flexibility index (Phi) is 4.92. The average Bonchev–Trinajstić information content (AvgIpc) is 2.28. The molecule has 1 heterocycles. The van der Waals surface area contributed by atoms with E-state index in [0.29, 0.717) is 13.0 Å². The van der Waals surface area contributed by atoms with Gasteiger partial charge in [0.1, 0.15) is 0 Å². The maximum atomic E-state index is 11.6. The Labute approximate surface area is 96.3 Å². The molecule has 0 aromatic carbocycles. The Morgan fingerprint density at radius 3 is 3.00 bits per heavy atom. The minimum absolute atomic E-state index is 0.105. The number of nitrogens with two attached hydrogens (primary N) is 1. The van der Waals surface area contributed by atoms with Crippen molar-refractivity contribution in [3.8, 4) is 0 Å². The highest BCUT2D eigenvalue weighted by molar-refractivity contribution is 5.81. The number of amides is 1. The van der Waals surface area contributed by atoms with Gasteiger partial charge in [-0.2, -0.15) is 0 Å². The zero-order valence-corrected chi connectivity index (χ0v) is 9.86. The van der Waals surface area contributed by atoms with Crippen molar-refractivity contribution in [3.05, 3.63) is 29.6 Å². The molecule has 3 N–H and O–H groups in total. The smallest absolute Gasteiger partial charge is 0.237 e. The lowest BCUT2D eigenvalue weighted by molar-refractivity contribution is -0.122. The zero-order chi connectivity index (χ0) is 12.0. The summed E-state index contributed by atoms with van der Waals surface area (Å²) in [4.78, 5) is 15.8. The molecular weight excluding hydrogens is 202 g/mol. The summed E-state index contributed by atoms with van der Waals surface area (Å²) < 4.78 is 0. The van der Waals surface area contributed by atoms with Crippen LogP contribution < -0.4 is 11.1 Å². The summed E-state index contributed by atoms with van der Waals surface area (Å²) in [5.74, 6) is -0.105. The van der Waals surface area contributed by atoms with E-state index in [1.54, 1.807) is 6.20 Å². The molecule has 1 aromatic rings. The van der Waals surface area contributed by atoms with Crippen molar-refractivity contribution in [1.82, 2.24) is 10.3 Å². The molecule has 0 radical (unpaired) electrons. The predicted molar refractivity (Wildman–Crippen MR) is 63.7 cm³/mol. The van der Waals surface area contributed by atoms with Gasteiger partial charge in [-0.3, -0.25) is 9.78 Å². The summed E-state index contributed by atoms with van der Waals surface area (Å²) in [5, 5.41) is 2.80. The van der Waals surface area contributed by atoms with Gasteiger partial charge in [0.25, 0.3) is 0 Å². The van der Waals surface area contributed by atoms with Gasteiger partial charge in [0.05, 0.1) is 18.3 Å². The first-order valence-corrected chi connectivity index (χ1v) is 5.59. The first-order chi connectivity index (χ1) is 7.65. The van der Waals surface area contributed by atoms with E-state index in [1.807, 2.05) is 26.0 Å². The quantitative estimate of drug-likeness (QED) is 0.783. The van der Waals surface area contributed by atoms with Gasteiger partial charge in [0.2, 0.25) is 5.91 Å². The van der Waals surface area contributed by atoms with E-state index in [0.717, 1.165) is 17.7 Å². The number of carbonyl (C=O) groups excluding carboxylic acids is 1. The van der Waals surface area contributed by atoms with Crippen molar-refractivity contribution in [1.29, 1.82) is 0 Å². The van der Waals surface area contributed by atoms with E-state index in [2.05, 4.69) is 10.3 Å². The molecule has 0 fully saturated rings. The molecule has 1 aromatic heterocycles. The molecule has 16 heavy (non-hydrogen) atoms. The van der Waals surface area contributed by atoms with Crippen LogP contribution in [0.4, 0.5) is 0 Å². The SMILES string of the molecule is CCC[C@@H](N)C(=O)NCc1ncccc1C. The van der Waals surface area contributed by atoms with Crippen LogP contribution in [0.15, 0.2) is 18.3 Å². The Morgan fingerprint density at radius 1 is 1.62 bits per heavy atom. The summed E-state index contributed by atoms with van der Waals surface area (Å²) in [5.41, 5.74) is 7.66. The molecule has 0 saturated carbocycles. The Bertz CT molecular complexity index is 352. The summed E-state index contributed by atoms with van der Waals surface area (Å²) >= 11 is 0. The van der Waals surface area contributed by atoms with Crippen LogP contribution in [0.3, 0.4) is 0 Å². The molecule has 1 atom stereocenters. The van der Waals surface area contributed by atoms with Gasteiger partial charge >= 0.3 is 0 Å². The lowest BCUT2D eigenvalue weighted by Gasteiger charge is -2.11. The second kappa shape index (κ2) is 6.23. The molecule has 0 spiro atoms. The van der Waals surface area contributed by atoms with Gasteiger partial charge in [-0.1, -0.05) is 19.4 Å². The molecule has 0 unspecified atom stereocenters. The predicted octanol–water partition coefficient (Wildman–Crippen LogP) is 1.13. The van der Waals surface area contributed by atoms with Crippen LogP contribution in [0.25, 0.3) is 0 Å². The molecule has 1 amide bonds. The van der Waals surface area contributed by atoms with E-state index in [9.17, 15) is 4.79 Å². The zero-order valence-electron chi connectivity index (χ0n) is 9.86. The number of aromatic nitrogens is 1. The number of nitrogens with zero attached hydrogens (tertiary/aromatic N) is 1. The molecule has 4 heteroatoms. The number of pyridine rings is 1. The normalized spacial score (nSPS) is 12.2. The monoisotopic (exact) mass is 221 g/mol. The van der Waals surface area contributed by atoms with E-state index in [1.165, 1.54) is 0 Å². The van der Waals surface area contributed by atoms with Crippen molar-refractivity contribution in [2.45, 2.75) is 39.3 Å². The molecule has 0 saturated heterocycles. The van der Waals surface area contributed by atoms with Crippen LogP contribution in [0.1, 0.15) is 31.0 Å². The minimum atomic E-state index is -0.408. The minimum Gasteiger partial charge on any atom is -0.349 e. The molecule has 0 aliphatic heterocycles. The third-order valence-electron chi connectivity index (χ3n) is 2.48. The molecule has 88 valence electrons. The highest BCUT2D eigenvalue weighted by atomic mass is 16.2. The van der Waals surface area contributed by atoms with E-state index in [4.69, 9.17) is 5.73 Å². The lowest BCUT2D eigenvalue weighted by atomic mass is 10.1. The summed E-state index contributed by atoms with van der Waals surface area (Å²) in [6, 6.07) is 3.44. The molecule has 0 aliphatic rings. The van der Waals surface area contributed by atoms with Gasteiger partial charge in [-0.15, -0.1) is 0 Å². The van der Waals surface area contributed by atoms with Crippen molar-refractivity contribution >= 4 is 5.91 Å². The number of carbonyl (C=O) groups is 1. The molecule has 1 rings (SSSR count). The Balaban J connectivity index is 2.46. The van der Waals surface area contributed by atoms with E-state index < -0.39 is 6.04 Å². The standard InChI is InChI=1S/C12H19N3O/c1-3-5-10(13)12(16)15-8-11-9(2)6-4-7-14-11/h4,6-7,10H,3,5,8,13H2,1-2H3,(H,15,16)/t10-/m1/s1. The van der Waals surface area contributed by atoms with Gasteiger partial charge < -0.3 is 11.1 Å². The fourth-order valence-electron chi connectivity index (χ4n) is 1.45. The third kappa shape index (κ3) is 3.62. The highest BCUT2D eigenvalue weighted by Crippen LogP contribution is 2.02. The molecular formula is C12H19N3O. The topological polar surface area (TPSA) is 68.0 Å². The third-order valence-corrected chi connectivity index (χ3v) is 2.48. The molecule has 0 bridgehead atoms.